The van der Waals surface area contributed by atoms with E-state index in [1.165, 1.54) is 12.1 Å². The number of terminal acetylenes is 1. The molecule has 2 heterocycles. The number of nitrogens with one attached hydrogen (secondary N) is 1. The number of carbonyl (C=O) groups is 2. The molecular formula is C29H36FN5O2. The average molecular weight is 506 g/mol. The molecule has 2 aliphatic heterocycles. The van der Waals surface area contributed by atoms with Gasteiger partial charge in [-0.1, -0.05) is 68.7 Å². The van der Waals surface area contributed by atoms with Gasteiger partial charge in [-0.2, -0.15) is 0 Å². The summed E-state index contributed by atoms with van der Waals surface area (Å²) in [5, 5.41) is 7.48. The Bertz CT molecular complexity index is 1120. The van der Waals surface area contributed by atoms with Crippen LogP contribution in [0.2, 0.25) is 0 Å². The van der Waals surface area contributed by atoms with Crippen molar-refractivity contribution in [1.82, 2.24) is 25.1 Å². The zero-order chi connectivity index (χ0) is 26.5. The number of fused-ring (bicyclic) bond motifs is 1. The topological polar surface area (TPSA) is 59.1 Å². The maximum Gasteiger partial charge on any atom is 0.246 e. The molecule has 4 atom stereocenters. The first-order valence-electron chi connectivity index (χ1n) is 12.9. The van der Waals surface area contributed by atoms with Crippen molar-refractivity contribution in [2.75, 3.05) is 26.3 Å². The van der Waals surface area contributed by atoms with Gasteiger partial charge in [-0.25, -0.2) is 14.4 Å². The molecule has 2 fully saturated rings. The number of hydrogen-bond donors (Lipinski definition) is 1. The van der Waals surface area contributed by atoms with Crippen LogP contribution in [0.5, 0.6) is 0 Å². The molecule has 2 aliphatic rings. The van der Waals surface area contributed by atoms with Crippen LogP contribution in [-0.2, 0) is 16.1 Å². The van der Waals surface area contributed by atoms with Gasteiger partial charge in [0.05, 0.1) is 32.3 Å². The van der Waals surface area contributed by atoms with E-state index < -0.39 is 6.04 Å². The zero-order valence-corrected chi connectivity index (χ0v) is 21.8. The van der Waals surface area contributed by atoms with Gasteiger partial charge in [-0.15, -0.1) is 6.42 Å². The van der Waals surface area contributed by atoms with E-state index in [9.17, 15) is 14.0 Å². The standard InChI is InChI=1S/C29H36FN5O2/c1-5-16-32-19-27(36)35-26(34(32)20-31-17-23-10-8-7-9-11-23)18-33(29(37)28(35)21(3)6-2)22(4)24-12-14-25(30)15-13-24/h1,7-15,21-22,26,28,31H,6,16-20H2,2-4H3/t21?,22?,26-,28+/m1/s1. The van der Waals surface area contributed by atoms with Crippen LogP contribution in [0.4, 0.5) is 4.39 Å². The van der Waals surface area contributed by atoms with Gasteiger partial charge >= 0.3 is 0 Å². The van der Waals surface area contributed by atoms with Gasteiger partial charge in [-0.05, 0) is 36.1 Å². The Hall–Kier alpha value is -3.25. The second-order valence-corrected chi connectivity index (χ2v) is 9.87. The minimum Gasteiger partial charge on any atom is -0.331 e. The summed E-state index contributed by atoms with van der Waals surface area (Å²) in [7, 11) is 0. The average Bonchev–Trinajstić information content (AvgIpc) is 2.90. The lowest BCUT2D eigenvalue weighted by atomic mass is 9.91. The highest BCUT2D eigenvalue weighted by molar-refractivity contribution is 5.90. The molecule has 2 saturated heterocycles. The largest absolute Gasteiger partial charge is 0.331 e. The molecule has 37 heavy (non-hydrogen) atoms. The van der Waals surface area contributed by atoms with Crippen molar-refractivity contribution in [2.45, 2.75) is 52.0 Å². The third-order valence-electron chi connectivity index (χ3n) is 7.55. The fourth-order valence-corrected chi connectivity index (χ4v) is 5.28. The van der Waals surface area contributed by atoms with Crippen LogP contribution in [-0.4, -0.2) is 70.1 Å². The van der Waals surface area contributed by atoms with Crippen LogP contribution < -0.4 is 5.32 Å². The quantitative estimate of drug-likeness (QED) is 0.531. The van der Waals surface area contributed by atoms with Crippen LogP contribution in [0.25, 0.3) is 0 Å². The number of hydrazine groups is 1. The molecule has 2 aromatic carbocycles. The van der Waals surface area contributed by atoms with Crippen molar-refractivity contribution in [3.05, 3.63) is 71.5 Å². The van der Waals surface area contributed by atoms with E-state index in [-0.39, 0.29) is 42.3 Å². The molecule has 4 rings (SSSR count). The first-order chi connectivity index (χ1) is 17.8. The molecule has 0 radical (unpaired) electrons. The molecule has 1 N–H and O–H groups in total. The lowest BCUT2D eigenvalue weighted by molar-refractivity contribution is -0.207. The summed E-state index contributed by atoms with van der Waals surface area (Å²) in [5.74, 6) is 2.17. The number of amides is 2. The lowest BCUT2D eigenvalue weighted by Gasteiger charge is -2.57. The molecule has 2 amide bonds. The number of carbonyl (C=O) groups excluding carboxylic acids is 2. The van der Waals surface area contributed by atoms with E-state index >= 15 is 0 Å². The van der Waals surface area contributed by atoms with Crippen molar-refractivity contribution in [1.29, 1.82) is 0 Å². The molecule has 0 aromatic heterocycles. The molecule has 7 nitrogen and oxygen atoms in total. The minimum atomic E-state index is -0.580. The highest BCUT2D eigenvalue weighted by atomic mass is 19.1. The SMILES string of the molecule is C#CCN1CC(=O)N2[C@@H](C(C)CC)C(=O)N(C(C)c3ccc(F)cc3)C[C@@H]2N1CNCc1ccccc1. The zero-order valence-electron chi connectivity index (χ0n) is 21.8. The van der Waals surface area contributed by atoms with Gasteiger partial charge < -0.3 is 9.80 Å². The van der Waals surface area contributed by atoms with E-state index in [1.807, 2.05) is 48.9 Å². The van der Waals surface area contributed by atoms with Crippen LogP contribution in [0, 0.1) is 24.1 Å². The van der Waals surface area contributed by atoms with Gasteiger partial charge in [0.25, 0.3) is 0 Å². The third-order valence-corrected chi connectivity index (χ3v) is 7.55. The van der Waals surface area contributed by atoms with E-state index in [4.69, 9.17) is 6.42 Å². The smallest absolute Gasteiger partial charge is 0.246 e. The molecule has 0 aliphatic carbocycles. The molecule has 2 aromatic rings. The number of piperazine rings is 1. The Labute approximate surface area is 219 Å². The number of benzene rings is 2. The lowest BCUT2D eigenvalue weighted by Crippen LogP contribution is -2.76. The summed E-state index contributed by atoms with van der Waals surface area (Å²) in [6.45, 7) is 7.87. The van der Waals surface area contributed by atoms with Gasteiger partial charge in [-0.3, -0.25) is 14.9 Å². The second kappa shape index (κ2) is 11.9. The molecule has 0 saturated carbocycles. The van der Waals surface area contributed by atoms with Crippen molar-refractivity contribution in [3.8, 4) is 12.3 Å². The Kier molecular flexibility index (Phi) is 8.59. The van der Waals surface area contributed by atoms with E-state index in [1.54, 1.807) is 17.0 Å². The maximum absolute atomic E-state index is 13.9. The monoisotopic (exact) mass is 505 g/mol. The molecule has 0 bridgehead atoms. The number of halogens is 1. The van der Waals surface area contributed by atoms with Crippen molar-refractivity contribution < 1.29 is 14.0 Å². The van der Waals surface area contributed by atoms with Crippen molar-refractivity contribution >= 4 is 11.8 Å². The minimum absolute atomic E-state index is 0.0273. The molecule has 0 spiro atoms. The van der Waals surface area contributed by atoms with Crippen LogP contribution >= 0.6 is 0 Å². The number of hydrogen-bond acceptors (Lipinski definition) is 5. The Morgan fingerprint density at radius 2 is 1.81 bits per heavy atom. The van der Waals surface area contributed by atoms with E-state index in [2.05, 4.69) is 28.4 Å². The molecule has 196 valence electrons. The second-order valence-electron chi connectivity index (χ2n) is 9.87. The Balaban J connectivity index is 1.65. The third kappa shape index (κ3) is 5.69. The highest BCUT2D eigenvalue weighted by Gasteiger charge is 2.51. The normalized spacial score (nSPS) is 22.5. The van der Waals surface area contributed by atoms with Gasteiger partial charge in [0.2, 0.25) is 11.8 Å². The van der Waals surface area contributed by atoms with E-state index in [0.29, 0.717) is 26.3 Å². The number of nitrogens with zero attached hydrogens (tertiary/aromatic N) is 4. The van der Waals surface area contributed by atoms with Crippen LogP contribution in [0.3, 0.4) is 0 Å². The fraction of sp³-hybridized carbons (Fsp3) is 0.448. The Morgan fingerprint density at radius 1 is 1.11 bits per heavy atom. The van der Waals surface area contributed by atoms with Gasteiger partial charge in [0, 0.05) is 6.54 Å². The predicted octanol–water partition coefficient (Wildman–Crippen LogP) is 3.21. The van der Waals surface area contributed by atoms with Crippen LogP contribution in [0.15, 0.2) is 54.6 Å². The van der Waals surface area contributed by atoms with Gasteiger partial charge in [0.1, 0.15) is 18.0 Å². The molecule has 2 unspecified atom stereocenters. The van der Waals surface area contributed by atoms with E-state index in [0.717, 1.165) is 17.5 Å². The van der Waals surface area contributed by atoms with Gasteiger partial charge in [0.15, 0.2) is 0 Å². The maximum atomic E-state index is 13.9. The summed E-state index contributed by atoms with van der Waals surface area (Å²) in [6, 6.07) is 15.5. The predicted molar refractivity (Wildman–Crippen MR) is 141 cm³/mol. The molecule has 8 heteroatoms. The fourth-order valence-electron chi connectivity index (χ4n) is 5.28. The summed E-state index contributed by atoms with van der Waals surface area (Å²) in [4.78, 5) is 31.0. The highest BCUT2D eigenvalue weighted by Crippen LogP contribution is 2.34. The summed E-state index contributed by atoms with van der Waals surface area (Å²) in [6.07, 6.45) is 6.06. The first kappa shape index (κ1) is 26.8. The summed E-state index contributed by atoms with van der Waals surface area (Å²) >= 11 is 0. The first-order valence-corrected chi connectivity index (χ1v) is 12.9. The summed E-state index contributed by atoms with van der Waals surface area (Å²) in [5.41, 5.74) is 2.00. The van der Waals surface area contributed by atoms with Crippen molar-refractivity contribution in [2.24, 2.45) is 5.92 Å². The number of rotatable bonds is 9. The van der Waals surface area contributed by atoms with Crippen LogP contribution in [0.1, 0.15) is 44.4 Å². The van der Waals surface area contributed by atoms with Crippen molar-refractivity contribution in [3.63, 3.8) is 0 Å². The summed E-state index contributed by atoms with van der Waals surface area (Å²) < 4.78 is 13.6. The Morgan fingerprint density at radius 3 is 2.46 bits per heavy atom. The molecular weight excluding hydrogens is 469 g/mol.